The zero-order valence-corrected chi connectivity index (χ0v) is 25.3. The first-order valence-corrected chi connectivity index (χ1v) is 15.6. The molecule has 0 aromatic heterocycles. The molecular weight excluding hydrogens is 506 g/mol. The van der Waals surface area contributed by atoms with Gasteiger partial charge in [-0.15, -0.1) is 0 Å². The van der Waals surface area contributed by atoms with Crippen LogP contribution in [0.4, 0.5) is 0 Å². The summed E-state index contributed by atoms with van der Waals surface area (Å²) < 4.78 is 0. The molecule has 8 heteroatoms. The fraction of sp³-hybridized carbons (Fsp3) is 0.812. The minimum atomic E-state index is -0.480. The molecule has 40 heavy (non-hydrogen) atoms. The molecule has 0 spiro atoms. The second-order valence-corrected chi connectivity index (χ2v) is 13.6. The molecule has 5 rings (SSSR count). The Balaban J connectivity index is 0.000000867. The van der Waals surface area contributed by atoms with Crippen LogP contribution in [0.25, 0.3) is 0 Å². The highest BCUT2D eigenvalue weighted by Gasteiger charge is 2.59. The number of Topliss-reactive ketones (excluding diaryl/α,β-unsaturated/α-hetero) is 1. The lowest BCUT2D eigenvalue weighted by molar-refractivity contribution is -0.131. The van der Waals surface area contributed by atoms with Crippen LogP contribution in [0.3, 0.4) is 0 Å². The number of allylic oxidation sites excluding steroid dienone is 2. The highest BCUT2D eigenvalue weighted by Crippen LogP contribution is 2.66. The predicted molar refractivity (Wildman–Crippen MR) is 155 cm³/mol. The van der Waals surface area contributed by atoms with Crippen molar-refractivity contribution in [3.05, 3.63) is 11.6 Å². The summed E-state index contributed by atoms with van der Waals surface area (Å²) >= 11 is 0. The van der Waals surface area contributed by atoms with Crippen LogP contribution in [0.2, 0.25) is 0 Å². The molecule has 4 fully saturated rings. The van der Waals surface area contributed by atoms with Gasteiger partial charge in [-0.25, -0.2) is 0 Å². The van der Waals surface area contributed by atoms with E-state index in [-0.39, 0.29) is 41.3 Å². The maximum absolute atomic E-state index is 12.4. The number of nitrogens with one attached hydrogen (secondary N) is 2. The Bertz CT molecular complexity index is 1020. The predicted octanol–water partition coefficient (Wildman–Crippen LogP) is 4.70. The zero-order valence-electron chi connectivity index (χ0n) is 25.3. The molecule has 1 heterocycles. The van der Waals surface area contributed by atoms with Gasteiger partial charge >= 0.3 is 0 Å². The first-order valence-electron chi connectivity index (χ1n) is 15.6. The lowest BCUT2D eigenvalue weighted by atomic mass is 9.46. The molecule has 0 radical (unpaired) electrons. The SMILES string of the molecule is CC(=O)C1CCC2C3CCC4=C/C(=N\OCC(=O)NC5CCCCNC5=O)CCC4(C)C3CCC12C.CC(C)O. The van der Waals surface area contributed by atoms with Crippen molar-refractivity contribution in [2.45, 2.75) is 117 Å². The van der Waals surface area contributed by atoms with Crippen molar-refractivity contribution in [1.29, 1.82) is 0 Å². The molecule has 7 atom stereocenters. The molecule has 7 unspecified atom stereocenters. The number of rotatable bonds is 5. The van der Waals surface area contributed by atoms with Crippen molar-refractivity contribution < 1.29 is 24.3 Å². The summed E-state index contributed by atoms with van der Waals surface area (Å²) in [5, 5.41) is 18.0. The second-order valence-electron chi connectivity index (χ2n) is 13.6. The number of carbonyl (C=O) groups excluding carboxylic acids is 3. The molecule has 0 aromatic carbocycles. The number of hydrogen-bond donors (Lipinski definition) is 3. The number of aliphatic hydroxyl groups is 1. The van der Waals surface area contributed by atoms with Crippen LogP contribution in [0.5, 0.6) is 0 Å². The minimum absolute atomic E-state index is 0.114. The second kappa shape index (κ2) is 12.7. The Hall–Kier alpha value is -2.22. The number of oxime groups is 1. The van der Waals surface area contributed by atoms with Crippen LogP contribution < -0.4 is 10.6 Å². The Morgan fingerprint density at radius 3 is 2.58 bits per heavy atom. The van der Waals surface area contributed by atoms with E-state index in [1.165, 1.54) is 31.3 Å². The average Bonchev–Trinajstić information content (AvgIpc) is 3.12. The van der Waals surface area contributed by atoms with Crippen LogP contribution in [0, 0.1) is 34.5 Å². The van der Waals surface area contributed by atoms with Gasteiger partial charge in [0, 0.05) is 18.6 Å². The van der Waals surface area contributed by atoms with Gasteiger partial charge in [0.1, 0.15) is 11.8 Å². The summed E-state index contributed by atoms with van der Waals surface area (Å²) in [7, 11) is 0. The third kappa shape index (κ3) is 6.47. The van der Waals surface area contributed by atoms with E-state index in [4.69, 9.17) is 9.94 Å². The van der Waals surface area contributed by atoms with E-state index in [0.717, 1.165) is 50.2 Å². The number of amides is 2. The third-order valence-electron chi connectivity index (χ3n) is 10.7. The summed E-state index contributed by atoms with van der Waals surface area (Å²) in [5.41, 5.74) is 2.79. The van der Waals surface area contributed by atoms with Crippen LogP contribution >= 0.6 is 0 Å². The monoisotopic (exact) mass is 557 g/mol. The molecule has 8 nitrogen and oxygen atoms in total. The third-order valence-corrected chi connectivity index (χ3v) is 10.7. The van der Waals surface area contributed by atoms with Crippen molar-refractivity contribution in [2.24, 2.45) is 39.7 Å². The Morgan fingerprint density at radius 1 is 1.10 bits per heavy atom. The van der Waals surface area contributed by atoms with Gasteiger partial charge in [-0.2, -0.15) is 0 Å². The Morgan fingerprint density at radius 2 is 1.85 bits per heavy atom. The summed E-state index contributed by atoms with van der Waals surface area (Å²) in [4.78, 5) is 42.2. The van der Waals surface area contributed by atoms with Gasteiger partial charge in [0.05, 0.1) is 5.71 Å². The molecule has 0 aromatic rings. The number of nitrogens with zero attached hydrogens (tertiary/aromatic N) is 1. The first-order chi connectivity index (χ1) is 19.0. The number of hydrogen-bond acceptors (Lipinski definition) is 6. The number of aliphatic hydroxyl groups excluding tert-OH is 1. The molecule has 4 aliphatic carbocycles. The Kier molecular flexibility index (Phi) is 9.79. The van der Waals surface area contributed by atoms with E-state index in [2.05, 4.69) is 35.7 Å². The number of fused-ring (bicyclic) bond motifs is 5. The van der Waals surface area contributed by atoms with E-state index in [1.807, 2.05) is 0 Å². The molecule has 1 saturated heterocycles. The summed E-state index contributed by atoms with van der Waals surface area (Å²) in [6.45, 7) is 10.6. The number of ketones is 1. The number of carbonyl (C=O) groups is 3. The highest BCUT2D eigenvalue weighted by atomic mass is 16.6. The van der Waals surface area contributed by atoms with E-state index < -0.39 is 6.04 Å². The molecule has 3 N–H and O–H groups in total. The highest BCUT2D eigenvalue weighted by molar-refractivity contribution is 5.96. The summed E-state index contributed by atoms with van der Waals surface area (Å²) in [6.07, 6.45) is 13.5. The van der Waals surface area contributed by atoms with E-state index in [0.29, 0.717) is 30.6 Å². The lowest BCUT2D eigenvalue weighted by Gasteiger charge is -2.58. The standard InChI is InChI=1S/C29H43N3O4.C3H8O/c1-18(33)22-9-10-23-21-8-7-19-16-20(11-13-28(19,2)24(21)12-14-29(22,23)3)32-36-17-26(34)31-25-6-4-5-15-30-27(25)35;1-3(2)4/h16,21-25H,4-15,17H2,1-3H3,(H,30,35)(H,31,34);3-4H,1-2H3/b32-20-;. The maximum atomic E-state index is 12.4. The van der Waals surface area contributed by atoms with Gasteiger partial charge in [0.2, 0.25) is 5.91 Å². The summed E-state index contributed by atoms with van der Waals surface area (Å²) in [6, 6.07) is -0.480. The maximum Gasteiger partial charge on any atom is 0.261 e. The van der Waals surface area contributed by atoms with Crippen molar-refractivity contribution in [3.63, 3.8) is 0 Å². The topological polar surface area (TPSA) is 117 Å². The van der Waals surface area contributed by atoms with E-state index >= 15 is 0 Å². The van der Waals surface area contributed by atoms with Crippen molar-refractivity contribution >= 4 is 23.3 Å². The molecule has 1 aliphatic heterocycles. The quantitative estimate of drug-likeness (QED) is 0.424. The molecular formula is C32H51N3O5. The molecule has 2 amide bonds. The van der Waals surface area contributed by atoms with E-state index in [9.17, 15) is 14.4 Å². The zero-order chi connectivity index (χ0) is 29.1. The minimum Gasteiger partial charge on any atom is -0.394 e. The van der Waals surface area contributed by atoms with Gasteiger partial charge < -0.3 is 20.6 Å². The van der Waals surface area contributed by atoms with Crippen molar-refractivity contribution in [3.8, 4) is 0 Å². The van der Waals surface area contributed by atoms with Crippen molar-refractivity contribution in [2.75, 3.05) is 13.2 Å². The largest absolute Gasteiger partial charge is 0.394 e. The summed E-state index contributed by atoms with van der Waals surface area (Å²) in [5.74, 6) is 2.30. The molecule has 5 aliphatic rings. The van der Waals surface area contributed by atoms with Gasteiger partial charge in [0.25, 0.3) is 5.91 Å². The molecule has 224 valence electrons. The first kappa shape index (κ1) is 30.7. The van der Waals surface area contributed by atoms with Crippen LogP contribution in [0.15, 0.2) is 16.8 Å². The van der Waals surface area contributed by atoms with Gasteiger partial charge in [-0.1, -0.05) is 24.6 Å². The van der Waals surface area contributed by atoms with E-state index in [1.54, 1.807) is 20.8 Å². The fourth-order valence-electron chi connectivity index (χ4n) is 8.80. The smallest absolute Gasteiger partial charge is 0.261 e. The van der Waals surface area contributed by atoms with Gasteiger partial charge in [-0.05, 0) is 126 Å². The van der Waals surface area contributed by atoms with Gasteiger partial charge in [0.15, 0.2) is 6.61 Å². The van der Waals surface area contributed by atoms with Crippen LogP contribution in [-0.2, 0) is 19.2 Å². The van der Waals surface area contributed by atoms with Crippen LogP contribution in [-0.4, -0.2) is 53.7 Å². The van der Waals surface area contributed by atoms with Crippen LogP contribution in [0.1, 0.15) is 105 Å². The van der Waals surface area contributed by atoms with Gasteiger partial charge in [-0.3, -0.25) is 14.4 Å². The molecule has 0 bridgehead atoms. The Labute approximate surface area is 240 Å². The fourth-order valence-corrected chi connectivity index (χ4v) is 8.80. The average molecular weight is 558 g/mol. The molecule has 3 saturated carbocycles. The van der Waals surface area contributed by atoms with Crippen molar-refractivity contribution in [1.82, 2.24) is 10.6 Å². The normalized spacial score (nSPS) is 38.0. The lowest BCUT2D eigenvalue weighted by Crippen LogP contribution is -2.51.